The molecular weight excluding hydrogens is 501 g/mol. The number of aromatic nitrogens is 2. The van der Waals surface area contributed by atoms with Gasteiger partial charge in [0.05, 0.1) is 12.6 Å². The summed E-state index contributed by atoms with van der Waals surface area (Å²) in [5, 5.41) is 7.11. The molecule has 5 rings (SSSR count). The van der Waals surface area contributed by atoms with Gasteiger partial charge in [-0.2, -0.15) is 18.3 Å². The number of aryl methyl sites for hydroxylation is 1. The lowest BCUT2D eigenvalue weighted by Gasteiger charge is -2.33. The zero-order chi connectivity index (χ0) is 26.2. The highest BCUT2D eigenvalue weighted by Gasteiger charge is 2.48. The monoisotopic (exact) mass is 524 g/mol. The molecule has 1 amide bonds. The number of nitrogens with one attached hydrogen (secondary N) is 1. The number of carbonyl (C=O) groups is 1. The predicted molar refractivity (Wildman–Crippen MR) is 138 cm³/mol. The van der Waals surface area contributed by atoms with Gasteiger partial charge in [-0.1, -0.05) is 90.0 Å². The quantitative estimate of drug-likeness (QED) is 0.297. The number of halogens is 4. The Hall–Kier alpha value is -3.78. The van der Waals surface area contributed by atoms with E-state index in [9.17, 15) is 18.0 Å². The fourth-order valence-electron chi connectivity index (χ4n) is 4.53. The van der Waals surface area contributed by atoms with Crippen molar-refractivity contribution in [1.29, 1.82) is 0 Å². The van der Waals surface area contributed by atoms with Crippen LogP contribution in [0.5, 0.6) is 0 Å². The van der Waals surface area contributed by atoms with E-state index in [1.807, 2.05) is 55.5 Å². The Labute approximate surface area is 217 Å². The third-order valence-corrected chi connectivity index (χ3v) is 6.83. The fourth-order valence-corrected chi connectivity index (χ4v) is 4.79. The fraction of sp³-hybridized carbons (Fsp3) is 0.214. The summed E-state index contributed by atoms with van der Waals surface area (Å²) in [6.45, 7) is 2.11. The highest BCUT2D eigenvalue weighted by molar-refractivity contribution is 6.36. The van der Waals surface area contributed by atoms with Gasteiger partial charge in [0.25, 0.3) is 5.91 Å². The highest BCUT2D eigenvalue weighted by Crippen LogP contribution is 2.46. The van der Waals surface area contributed by atoms with Crippen LogP contribution in [0, 0.1) is 6.92 Å². The Bertz CT molecular complexity index is 1390. The van der Waals surface area contributed by atoms with E-state index < -0.39 is 24.2 Å². The molecule has 1 aromatic heterocycles. The Kier molecular flexibility index (Phi) is 6.69. The molecular formula is C28H24ClF3N4O. The molecule has 190 valence electrons. The summed E-state index contributed by atoms with van der Waals surface area (Å²) >= 11 is 6.60. The number of nitrogens with zero attached hydrogens (tertiary/aromatic N) is 3. The van der Waals surface area contributed by atoms with Crippen molar-refractivity contribution in [3.63, 3.8) is 0 Å². The average Bonchev–Trinajstić information content (AvgIpc) is 3.23. The smallest absolute Gasteiger partial charge is 0.362 e. The average molecular weight is 525 g/mol. The van der Waals surface area contributed by atoms with E-state index in [1.54, 1.807) is 36.4 Å². The molecule has 1 N–H and O–H groups in total. The Balaban J connectivity index is 1.55. The topological polar surface area (TPSA) is 50.2 Å². The molecule has 1 aliphatic rings. The summed E-state index contributed by atoms with van der Waals surface area (Å²) in [6, 6.07) is 22.9. The number of amides is 1. The van der Waals surface area contributed by atoms with E-state index in [4.69, 9.17) is 11.6 Å². The molecule has 5 nitrogen and oxygen atoms in total. The Morgan fingerprint density at radius 2 is 1.65 bits per heavy atom. The molecule has 9 heteroatoms. The van der Waals surface area contributed by atoms with Gasteiger partial charge in [-0.15, -0.1) is 0 Å². The van der Waals surface area contributed by atoms with Gasteiger partial charge >= 0.3 is 6.18 Å². The normalized spacial score (nSPS) is 17.1. The number of hydrogen-bond donors (Lipinski definition) is 1. The van der Waals surface area contributed by atoms with Gasteiger partial charge in [0.2, 0.25) is 0 Å². The molecule has 0 bridgehead atoms. The third-order valence-electron chi connectivity index (χ3n) is 6.47. The molecule has 0 radical (unpaired) electrons. The van der Waals surface area contributed by atoms with Gasteiger partial charge in [0.15, 0.2) is 11.7 Å². The van der Waals surface area contributed by atoms with Crippen LogP contribution in [-0.2, 0) is 6.54 Å². The van der Waals surface area contributed by atoms with E-state index in [2.05, 4.69) is 10.4 Å². The maximum Gasteiger partial charge on any atom is 0.410 e. The number of carbonyl (C=O) groups excluding carboxylic acids is 1. The van der Waals surface area contributed by atoms with Crippen LogP contribution in [-0.4, -0.2) is 21.9 Å². The minimum Gasteiger partial charge on any atom is -0.362 e. The first-order valence-corrected chi connectivity index (χ1v) is 12.2. The van der Waals surface area contributed by atoms with Crippen LogP contribution in [0.3, 0.4) is 0 Å². The van der Waals surface area contributed by atoms with E-state index in [0.717, 1.165) is 15.8 Å². The SMILES string of the molecule is Cc1ccc([C@@H]2C[C@@H](C(F)(F)F)n3nc(C(=O)N(Cc4ccccc4)c4ccccc4)c(Cl)c3N2)cc1. The van der Waals surface area contributed by atoms with Crippen LogP contribution in [0.15, 0.2) is 84.9 Å². The van der Waals surface area contributed by atoms with Crippen LogP contribution < -0.4 is 10.2 Å². The summed E-state index contributed by atoms with van der Waals surface area (Å²) in [6.07, 6.45) is -4.86. The summed E-state index contributed by atoms with van der Waals surface area (Å²) in [7, 11) is 0. The van der Waals surface area contributed by atoms with Gasteiger partial charge in [-0.25, -0.2) is 4.68 Å². The van der Waals surface area contributed by atoms with Crippen molar-refractivity contribution in [2.75, 3.05) is 10.2 Å². The largest absolute Gasteiger partial charge is 0.410 e. The first kappa shape index (κ1) is 24.9. The van der Waals surface area contributed by atoms with E-state index >= 15 is 0 Å². The second-order valence-electron chi connectivity index (χ2n) is 9.07. The Morgan fingerprint density at radius 3 is 2.27 bits per heavy atom. The van der Waals surface area contributed by atoms with Crippen LogP contribution in [0.25, 0.3) is 0 Å². The lowest BCUT2D eigenvalue weighted by atomic mass is 9.96. The number of alkyl halides is 3. The zero-order valence-corrected chi connectivity index (χ0v) is 20.7. The van der Waals surface area contributed by atoms with E-state index in [0.29, 0.717) is 11.3 Å². The van der Waals surface area contributed by atoms with Crippen LogP contribution in [0.4, 0.5) is 24.7 Å². The molecule has 2 heterocycles. The molecule has 0 unspecified atom stereocenters. The second-order valence-corrected chi connectivity index (χ2v) is 9.45. The van der Waals surface area contributed by atoms with E-state index in [-0.39, 0.29) is 29.5 Å². The predicted octanol–water partition coefficient (Wildman–Crippen LogP) is 7.35. The molecule has 0 fully saturated rings. The van der Waals surface area contributed by atoms with Crippen molar-refractivity contribution in [3.05, 3.63) is 112 Å². The van der Waals surface area contributed by atoms with Crippen molar-refractivity contribution in [2.45, 2.75) is 38.1 Å². The summed E-state index contributed by atoms with van der Waals surface area (Å²) in [5.74, 6) is -0.603. The minimum absolute atomic E-state index is 0.0168. The van der Waals surface area contributed by atoms with Gasteiger partial charge in [0.1, 0.15) is 10.8 Å². The maximum absolute atomic E-state index is 14.2. The summed E-state index contributed by atoms with van der Waals surface area (Å²) in [5.41, 5.74) is 2.90. The molecule has 0 aliphatic carbocycles. The van der Waals surface area contributed by atoms with Crippen molar-refractivity contribution < 1.29 is 18.0 Å². The second kappa shape index (κ2) is 9.94. The third kappa shape index (κ3) is 5.06. The number of anilines is 2. The van der Waals surface area contributed by atoms with Crippen LogP contribution in [0.2, 0.25) is 5.02 Å². The maximum atomic E-state index is 14.2. The first-order chi connectivity index (χ1) is 17.7. The lowest BCUT2D eigenvalue weighted by Crippen LogP contribution is -2.36. The van der Waals surface area contributed by atoms with Gasteiger partial charge < -0.3 is 10.2 Å². The van der Waals surface area contributed by atoms with Crippen molar-refractivity contribution in [1.82, 2.24) is 9.78 Å². The molecule has 4 aromatic rings. The van der Waals surface area contributed by atoms with Crippen molar-refractivity contribution in [3.8, 4) is 0 Å². The highest BCUT2D eigenvalue weighted by atomic mass is 35.5. The number of rotatable bonds is 5. The van der Waals surface area contributed by atoms with Crippen LogP contribution in [0.1, 0.15) is 45.7 Å². The number of hydrogen-bond acceptors (Lipinski definition) is 3. The summed E-state index contributed by atoms with van der Waals surface area (Å²) < 4.78 is 43.4. The lowest BCUT2D eigenvalue weighted by molar-refractivity contribution is -0.173. The minimum atomic E-state index is -4.58. The molecule has 37 heavy (non-hydrogen) atoms. The van der Waals surface area contributed by atoms with Gasteiger partial charge in [-0.05, 0) is 30.2 Å². The number of para-hydroxylation sites is 1. The molecule has 3 aromatic carbocycles. The summed E-state index contributed by atoms with van der Waals surface area (Å²) in [4.78, 5) is 15.3. The van der Waals surface area contributed by atoms with E-state index in [1.165, 1.54) is 4.90 Å². The molecule has 0 saturated carbocycles. The van der Waals surface area contributed by atoms with Crippen molar-refractivity contribution >= 4 is 29.0 Å². The Morgan fingerprint density at radius 1 is 1.03 bits per heavy atom. The molecule has 2 atom stereocenters. The number of fused-ring (bicyclic) bond motifs is 1. The van der Waals surface area contributed by atoms with Crippen molar-refractivity contribution in [2.24, 2.45) is 0 Å². The zero-order valence-electron chi connectivity index (χ0n) is 19.9. The standard InChI is InChI=1S/C28H24ClF3N4O/c1-18-12-14-20(15-13-18)22-16-23(28(30,31)32)36-26(33-22)24(29)25(34-36)27(37)35(21-10-6-3-7-11-21)17-19-8-4-2-5-9-19/h2-15,22-23,33H,16-17H2,1H3/t22-,23-/m0/s1. The van der Waals surface area contributed by atoms with Gasteiger partial charge in [0, 0.05) is 12.1 Å². The molecule has 0 spiro atoms. The molecule has 1 aliphatic heterocycles. The first-order valence-electron chi connectivity index (χ1n) is 11.8. The van der Waals surface area contributed by atoms with Crippen LogP contribution >= 0.6 is 11.6 Å². The number of benzene rings is 3. The molecule has 0 saturated heterocycles. The van der Waals surface area contributed by atoms with Gasteiger partial charge in [-0.3, -0.25) is 4.79 Å².